The molecule has 0 amide bonds. The number of H-pyrrole nitrogens is 1. The van der Waals surface area contributed by atoms with Crippen LogP contribution in [0.4, 0.5) is 0 Å². The van der Waals surface area contributed by atoms with Crippen LogP contribution in [-0.4, -0.2) is 60.7 Å². The van der Waals surface area contributed by atoms with Crippen LogP contribution in [-0.2, 0) is 6.42 Å². The van der Waals surface area contributed by atoms with E-state index in [-0.39, 0.29) is 5.78 Å². The number of carbonyl (C=O) groups is 1. The van der Waals surface area contributed by atoms with Gasteiger partial charge in [-0.1, -0.05) is 18.2 Å². The van der Waals surface area contributed by atoms with E-state index in [1.54, 1.807) is 19.3 Å². The number of Topliss-reactive ketones (excluding diaryl/α,β-unsaturated/α-hetero) is 1. The van der Waals surface area contributed by atoms with Crippen LogP contribution in [0.15, 0.2) is 42.2 Å². The second-order valence-corrected chi connectivity index (χ2v) is 7.91. The van der Waals surface area contributed by atoms with Crippen LogP contribution in [0.5, 0.6) is 11.5 Å². The minimum absolute atomic E-state index is 0.118. The summed E-state index contributed by atoms with van der Waals surface area (Å²) in [6.45, 7) is 5.24. The Hall–Kier alpha value is -3.16. The summed E-state index contributed by atoms with van der Waals surface area (Å²) in [5.41, 5.74) is 3.16. The Labute approximate surface area is 181 Å². The molecular formula is C24H26N4O3. The summed E-state index contributed by atoms with van der Waals surface area (Å²) >= 11 is 0. The van der Waals surface area contributed by atoms with Gasteiger partial charge in [0.2, 0.25) is 5.78 Å². The van der Waals surface area contributed by atoms with Gasteiger partial charge in [0.15, 0.2) is 5.76 Å². The van der Waals surface area contributed by atoms with Gasteiger partial charge in [-0.15, -0.1) is 0 Å². The van der Waals surface area contributed by atoms with Crippen LogP contribution in [0.2, 0.25) is 0 Å². The van der Waals surface area contributed by atoms with Gasteiger partial charge < -0.3 is 19.7 Å². The number of allylic oxidation sites excluding steroid dienone is 1. The highest BCUT2D eigenvalue weighted by molar-refractivity contribution is 6.15. The molecule has 3 heterocycles. The Bertz CT molecular complexity index is 1140. The Morgan fingerprint density at radius 1 is 1.19 bits per heavy atom. The highest BCUT2D eigenvalue weighted by Crippen LogP contribution is 2.40. The molecule has 5 rings (SSSR count). The molecule has 7 nitrogen and oxygen atoms in total. The smallest absolute Gasteiger partial charge is 0.232 e. The number of aromatic amines is 1. The topological polar surface area (TPSA) is 79.5 Å². The van der Waals surface area contributed by atoms with Gasteiger partial charge in [-0.2, -0.15) is 5.10 Å². The SMILES string of the molecule is COc1ccc2c(c1CCCN1CCNCC1)OC(=Cc1n[nH]c3ccccc13)C2=O. The van der Waals surface area contributed by atoms with E-state index in [9.17, 15) is 4.79 Å². The first kappa shape index (κ1) is 19.8. The summed E-state index contributed by atoms with van der Waals surface area (Å²) in [4.78, 5) is 15.5. The molecule has 1 aromatic heterocycles. The molecular weight excluding hydrogens is 392 g/mol. The van der Waals surface area contributed by atoms with Crippen LogP contribution >= 0.6 is 0 Å². The number of piperazine rings is 1. The predicted molar refractivity (Wildman–Crippen MR) is 120 cm³/mol. The van der Waals surface area contributed by atoms with Crippen molar-refractivity contribution in [3.8, 4) is 11.5 Å². The summed E-state index contributed by atoms with van der Waals surface area (Å²) in [6, 6.07) is 11.5. The number of hydrogen-bond donors (Lipinski definition) is 2. The number of para-hydroxylation sites is 1. The lowest BCUT2D eigenvalue weighted by Crippen LogP contribution is -2.43. The molecule has 1 saturated heterocycles. The van der Waals surface area contributed by atoms with E-state index in [1.165, 1.54) is 0 Å². The third-order valence-electron chi connectivity index (χ3n) is 6.00. The number of fused-ring (bicyclic) bond motifs is 2. The summed E-state index contributed by atoms with van der Waals surface area (Å²) in [7, 11) is 1.66. The van der Waals surface area contributed by atoms with Crippen molar-refractivity contribution in [1.82, 2.24) is 20.4 Å². The number of nitrogens with one attached hydrogen (secondary N) is 2. The minimum atomic E-state index is -0.118. The molecule has 1 fully saturated rings. The Kier molecular flexibility index (Phi) is 5.44. The van der Waals surface area contributed by atoms with Crippen LogP contribution in [0.25, 0.3) is 17.0 Å². The van der Waals surface area contributed by atoms with E-state index < -0.39 is 0 Å². The molecule has 0 aliphatic carbocycles. The van der Waals surface area contributed by atoms with Gasteiger partial charge in [-0.3, -0.25) is 9.89 Å². The number of ether oxygens (including phenoxy) is 2. The molecule has 7 heteroatoms. The third kappa shape index (κ3) is 3.82. The lowest BCUT2D eigenvalue weighted by Gasteiger charge is -2.27. The first-order valence-electron chi connectivity index (χ1n) is 10.7. The van der Waals surface area contributed by atoms with Crippen LogP contribution < -0.4 is 14.8 Å². The second-order valence-electron chi connectivity index (χ2n) is 7.91. The average Bonchev–Trinajstić information content (AvgIpc) is 3.36. The molecule has 0 unspecified atom stereocenters. The average molecular weight is 418 g/mol. The molecule has 3 aromatic rings. The molecule has 2 aromatic carbocycles. The van der Waals surface area contributed by atoms with Crippen molar-refractivity contribution in [2.24, 2.45) is 0 Å². The highest BCUT2D eigenvalue weighted by Gasteiger charge is 2.31. The van der Waals surface area contributed by atoms with E-state index in [0.717, 1.165) is 67.8 Å². The number of aromatic nitrogens is 2. The van der Waals surface area contributed by atoms with E-state index in [1.807, 2.05) is 30.3 Å². The first-order chi connectivity index (χ1) is 15.2. The maximum Gasteiger partial charge on any atom is 0.232 e. The van der Waals surface area contributed by atoms with E-state index in [4.69, 9.17) is 9.47 Å². The number of carbonyl (C=O) groups excluding carboxylic acids is 1. The van der Waals surface area contributed by atoms with Gasteiger partial charge in [0.1, 0.15) is 11.5 Å². The van der Waals surface area contributed by atoms with E-state index in [2.05, 4.69) is 20.4 Å². The summed E-state index contributed by atoms with van der Waals surface area (Å²) in [5, 5.41) is 11.7. The fraction of sp³-hybridized carbons (Fsp3) is 0.333. The molecule has 0 atom stereocenters. The Morgan fingerprint density at radius 3 is 2.87 bits per heavy atom. The molecule has 0 bridgehead atoms. The molecule has 2 aliphatic rings. The monoisotopic (exact) mass is 418 g/mol. The van der Waals surface area contributed by atoms with Crippen molar-refractivity contribution >= 4 is 22.8 Å². The number of hydrogen-bond acceptors (Lipinski definition) is 6. The molecule has 31 heavy (non-hydrogen) atoms. The Morgan fingerprint density at radius 2 is 2.03 bits per heavy atom. The summed E-state index contributed by atoms with van der Waals surface area (Å²) < 4.78 is 11.7. The van der Waals surface area contributed by atoms with Crippen LogP contribution in [0, 0.1) is 0 Å². The Balaban J connectivity index is 1.40. The lowest BCUT2D eigenvalue weighted by atomic mass is 10.0. The van der Waals surface area contributed by atoms with Gasteiger partial charge in [0.25, 0.3) is 0 Å². The van der Waals surface area contributed by atoms with E-state index >= 15 is 0 Å². The number of benzene rings is 2. The van der Waals surface area contributed by atoms with Crippen molar-refractivity contribution in [3.63, 3.8) is 0 Å². The maximum absolute atomic E-state index is 13.0. The molecule has 2 aliphatic heterocycles. The molecule has 0 spiro atoms. The summed E-state index contributed by atoms with van der Waals surface area (Å²) in [6.07, 6.45) is 3.49. The van der Waals surface area contributed by atoms with Gasteiger partial charge >= 0.3 is 0 Å². The van der Waals surface area contributed by atoms with Gasteiger partial charge in [-0.25, -0.2) is 0 Å². The zero-order valence-corrected chi connectivity index (χ0v) is 17.6. The van der Waals surface area contributed by atoms with Gasteiger partial charge in [0.05, 0.1) is 23.9 Å². The molecule has 0 radical (unpaired) electrons. The number of rotatable bonds is 6. The minimum Gasteiger partial charge on any atom is -0.496 e. The first-order valence-corrected chi connectivity index (χ1v) is 10.7. The number of nitrogens with zero attached hydrogens (tertiary/aromatic N) is 2. The quantitative estimate of drug-likeness (QED) is 0.599. The molecule has 2 N–H and O–H groups in total. The third-order valence-corrected chi connectivity index (χ3v) is 6.00. The van der Waals surface area contributed by atoms with Gasteiger partial charge in [0, 0.05) is 43.2 Å². The van der Waals surface area contributed by atoms with Crippen LogP contribution in [0.3, 0.4) is 0 Å². The van der Waals surface area contributed by atoms with Crippen LogP contribution in [0.1, 0.15) is 28.0 Å². The summed E-state index contributed by atoms with van der Waals surface area (Å²) in [5.74, 6) is 1.56. The lowest BCUT2D eigenvalue weighted by molar-refractivity contribution is 0.101. The standard InChI is InChI=1S/C24H26N4O3/c1-30-21-9-8-18-23(29)22(15-20-16-5-2-3-7-19(16)26-27-20)31-24(18)17(21)6-4-12-28-13-10-25-11-14-28/h2-3,5,7-9,15,25H,4,6,10-14H2,1H3,(H,26,27). The van der Waals surface area contributed by atoms with Crippen molar-refractivity contribution in [1.29, 1.82) is 0 Å². The fourth-order valence-electron chi connectivity index (χ4n) is 4.35. The predicted octanol–water partition coefficient (Wildman–Crippen LogP) is 3.03. The van der Waals surface area contributed by atoms with Crippen molar-refractivity contribution in [3.05, 3.63) is 59.0 Å². The van der Waals surface area contributed by atoms with Gasteiger partial charge in [-0.05, 0) is 37.6 Å². The zero-order valence-electron chi connectivity index (χ0n) is 17.6. The normalized spacial score (nSPS) is 17.8. The van der Waals surface area contributed by atoms with E-state index in [0.29, 0.717) is 22.8 Å². The largest absolute Gasteiger partial charge is 0.496 e. The number of methoxy groups -OCH3 is 1. The molecule has 160 valence electrons. The van der Waals surface area contributed by atoms with Crippen molar-refractivity contribution in [2.75, 3.05) is 39.8 Å². The highest BCUT2D eigenvalue weighted by atomic mass is 16.5. The maximum atomic E-state index is 13.0. The second kappa shape index (κ2) is 8.53. The fourth-order valence-corrected chi connectivity index (χ4v) is 4.35. The van der Waals surface area contributed by atoms with Crippen molar-refractivity contribution in [2.45, 2.75) is 12.8 Å². The van der Waals surface area contributed by atoms with Crippen molar-refractivity contribution < 1.29 is 14.3 Å². The number of ketones is 1. The zero-order chi connectivity index (χ0) is 21.2. The molecule has 0 saturated carbocycles.